The summed E-state index contributed by atoms with van der Waals surface area (Å²) in [5.41, 5.74) is 0.920. The Hall–Kier alpha value is -1.11. The van der Waals surface area contributed by atoms with Gasteiger partial charge in [-0.3, -0.25) is 0 Å². The van der Waals surface area contributed by atoms with Crippen molar-refractivity contribution in [1.82, 2.24) is 0 Å². The molecule has 0 aliphatic carbocycles. The summed E-state index contributed by atoms with van der Waals surface area (Å²) in [6.45, 7) is 0. The van der Waals surface area contributed by atoms with E-state index in [2.05, 4.69) is 6.07 Å². The molecule has 0 aliphatic heterocycles. The zero-order valence-corrected chi connectivity index (χ0v) is 4.39. The maximum absolute atomic E-state index is 6.80. The van der Waals surface area contributed by atoms with Crippen molar-refractivity contribution >= 4 is 6.21 Å². The van der Waals surface area contributed by atoms with E-state index in [1.54, 1.807) is 12.1 Å². The molecule has 0 aliphatic rings. The summed E-state index contributed by atoms with van der Waals surface area (Å²) in [5.74, 6) is 0. The van der Waals surface area contributed by atoms with Gasteiger partial charge in [-0.2, -0.15) is 0 Å². The molecule has 0 amide bonds. The summed E-state index contributed by atoms with van der Waals surface area (Å²) in [6.07, 6.45) is 1.31. The summed E-state index contributed by atoms with van der Waals surface area (Å²) in [7, 11) is 0. The summed E-state index contributed by atoms with van der Waals surface area (Å²) >= 11 is 0. The van der Waals surface area contributed by atoms with Crippen molar-refractivity contribution in [3.8, 4) is 0 Å². The lowest BCUT2D eigenvalue weighted by atomic mass is 10.2. The van der Waals surface area contributed by atoms with Crippen LogP contribution in [0.1, 0.15) is 5.56 Å². The van der Waals surface area contributed by atoms with Gasteiger partial charge in [-0.25, -0.2) is 0 Å². The van der Waals surface area contributed by atoms with Gasteiger partial charge in [-0.1, -0.05) is 24.3 Å². The molecule has 1 aromatic carbocycles. The summed E-state index contributed by atoms with van der Waals surface area (Å²) in [5, 5.41) is 6.80. The van der Waals surface area contributed by atoms with Gasteiger partial charge in [-0.15, -0.1) is 0 Å². The summed E-state index contributed by atoms with van der Waals surface area (Å²) in [6, 6.07) is 10.1. The fraction of sp³-hybridized carbons (Fsp3) is 0. The minimum Gasteiger partial charge on any atom is -0.308 e. The molecule has 0 saturated heterocycles. The lowest BCUT2D eigenvalue weighted by molar-refractivity contribution is 1.54. The van der Waals surface area contributed by atoms with E-state index in [4.69, 9.17) is 5.41 Å². The molecule has 0 heterocycles. The van der Waals surface area contributed by atoms with E-state index in [0.29, 0.717) is 0 Å². The molecule has 39 valence electrons. The molecule has 0 saturated carbocycles. The zero-order chi connectivity index (χ0) is 5.82. The van der Waals surface area contributed by atoms with Gasteiger partial charge in [0.1, 0.15) is 0 Å². The Kier molecular flexibility index (Phi) is 1.42. The number of hydrogen-bond donors (Lipinski definition) is 1. The highest BCUT2D eigenvalue weighted by molar-refractivity contribution is 5.76. The van der Waals surface area contributed by atoms with Crippen LogP contribution in [-0.4, -0.2) is 6.21 Å². The molecular weight excluding hydrogens is 98.1 g/mol. The minimum absolute atomic E-state index is 0.920. The van der Waals surface area contributed by atoms with Crippen molar-refractivity contribution in [2.24, 2.45) is 0 Å². The second kappa shape index (κ2) is 2.26. The van der Waals surface area contributed by atoms with Crippen LogP contribution in [0.25, 0.3) is 0 Å². The molecule has 0 unspecified atom stereocenters. The SMILES string of the molecule is N=Cc1cc[c]cc1. The van der Waals surface area contributed by atoms with E-state index in [-0.39, 0.29) is 0 Å². The first-order valence-corrected chi connectivity index (χ1v) is 2.40. The monoisotopic (exact) mass is 104 g/mol. The van der Waals surface area contributed by atoms with Crippen LogP contribution >= 0.6 is 0 Å². The Morgan fingerprint density at radius 1 is 1.38 bits per heavy atom. The van der Waals surface area contributed by atoms with Gasteiger partial charge in [0.05, 0.1) is 0 Å². The molecule has 1 radical (unpaired) electrons. The van der Waals surface area contributed by atoms with E-state index >= 15 is 0 Å². The maximum Gasteiger partial charge on any atom is 0.0250 e. The first-order chi connectivity index (χ1) is 3.93. The third-order valence-corrected chi connectivity index (χ3v) is 0.911. The molecule has 1 nitrogen and oxygen atoms in total. The van der Waals surface area contributed by atoms with Crippen LogP contribution in [0.3, 0.4) is 0 Å². The van der Waals surface area contributed by atoms with E-state index < -0.39 is 0 Å². The third-order valence-electron chi connectivity index (χ3n) is 0.911. The standard InChI is InChI=1S/C7H6N/c8-6-7-4-2-1-3-5-7/h2-6,8H. The lowest BCUT2D eigenvalue weighted by Crippen LogP contribution is -1.73. The van der Waals surface area contributed by atoms with E-state index in [9.17, 15) is 0 Å². The van der Waals surface area contributed by atoms with Gasteiger partial charge < -0.3 is 5.41 Å². The van der Waals surface area contributed by atoms with Crippen molar-refractivity contribution in [1.29, 1.82) is 5.41 Å². The number of benzene rings is 1. The average Bonchev–Trinajstić information content (AvgIpc) is 1.90. The van der Waals surface area contributed by atoms with Crippen LogP contribution in [0.15, 0.2) is 24.3 Å². The Bertz CT molecular complexity index is 167. The number of hydrogen-bond acceptors (Lipinski definition) is 1. The van der Waals surface area contributed by atoms with Crippen LogP contribution in [0, 0.1) is 11.5 Å². The van der Waals surface area contributed by atoms with Gasteiger partial charge in [0.2, 0.25) is 0 Å². The van der Waals surface area contributed by atoms with E-state index in [0.717, 1.165) is 5.56 Å². The lowest BCUT2D eigenvalue weighted by Gasteiger charge is -1.83. The molecule has 0 aromatic heterocycles. The smallest absolute Gasteiger partial charge is 0.0250 e. The van der Waals surface area contributed by atoms with Crippen LogP contribution in [-0.2, 0) is 0 Å². The molecule has 0 atom stereocenters. The Labute approximate surface area is 48.5 Å². The Balaban J connectivity index is 2.99. The molecule has 8 heavy (non-hydrogen) atoms. The Morgan fingerprint density at radius 2 is 2.00 bits per heavy atom. The molecule has 0 fully saturated rings. The van der Waals surface area contributed by atoms with Crippen molar-refractivity contribution in [3.63, 3.8) is 0 Å². The molecule has 1 aromatic rings. The molecular formula is C7H6N. The summed E-state index contributed by atoms with van der Waals surface area (Å²) in [4.78, 5) is 0. The fourth-order valence-corrected chi connectivity index (χ4v) is 0.496. The topological polar surface area (TPSA) is 23.9 Å². The quantitative estimate of drug-likeness (QED) is 0.522. The van der Waals surface area contributed by atoms with Crippen molar-refractivity contribution < 1.29 is 0 Å². The highest BCUT2D eigenvalue weighted by atomic mass is 14.3. The van der Waals surface area contributed by atoms with Gasteiger partial charge in [0.15, 0.2) is 0 Å². The molecule has 1 N–H and O–H groups in total. The largest absolute Gasteiger partial charge is 0.308 e. The van der Waals surface area contributed by atoms with Gasteiger partial charge in [0, 0.05) is 6.21 Å². The predicted molar refractivity (Wildman–Crippen MR) is 33.2 cm³/mol. The van der Waals surface area contributed by atoms with Crippen LogP contribution < -0.4 is 0 Å². The van der Waals surface area contributed by atoms with Crippen molar-refractivity contribution in [3.05, 3.63) is 35.9 Å². The number of rotatable bonds is 1. The van der Waals surface area contributed by atoms with Crippen LogP contribution in [0.5, 0.6) is 0 Å². The predicted octanol–water partition coefficient (Wildman–Crippen LogP) is 1.48. The first-order valence-electron chi connectivity index (χ1n) is 2.40. The molecule has 0 spiro atoms. The second-order valence-corrected chi connectivity index (χ2v) is 1.48. The van der Waals surface area contributed by atoms with Crippen molar-refractivity contribution in [2.75, 3.05) is 0 Å². The highest BCUT2D eigenvalue weighted by Crippen LogP contribution is 1.90. The van der Waals surface area contributed by atoms with Crippen LogP contribution in [0.2, 0.25) is 0 Å². The normalized spacial score (nSPS) is 8.50. The summed E-state index contributed by atoms with van der Waals surface area (Å²) < 4.78 is 0. The zero-order valence-electron chi connectivity index (χ0n) is 4.39. The Morgan fingerprint density at radius 3 is 2.38 bits per heavy atom. The molecule has 1 rings (SSSR count). The van der Waals surface area contributed by atoms with Gasteiger partial charge in [0.25, 0.3) is 0 Å². The second-order valence-electron chi connectivity index (χ2n) is 1.48. The van der Waals surface area contributed by atoms with Crippen molar-refractivity contribution in [2.45, 2.75) is 0 Å². The maximum atomic E-state index is 6.80. The van der Waals surface area contributed by atoms with Gasteiger partial charge >= 0.3 is 0 Å². The third kappa shape index (κ3) is 0.936. The molecule has 0 bridgehead atoms. The molecule has 1 heteroatoms. The number of nitrogens with one attached hydrogen (secondary N) is 1. The van der Waals surface area contributed by atoms with E-state index in [1.165, 1.54) is 6.21 Å². The highest BCUT2D eigenvalue weighted by Gasteiger charge is 1.77. The first kappa shape index (κ1) is 5.04. The van der Waals surface area contributed by atoms with Gasteiger partial charge in [-0.05, 0) is 11.6 Å². The minimum atomic E-state index is 0.920. The van der Waals surface area contributed by atoms with Crippen LogP contribution in [0.4, 0.5) is 0 Å². The fourth-order valence-electron chi connectivity index (χ4n) is 0.496. The van der Waals surface area contributed by atoms with E-state index in [1.807, 2.05) is 12.1 Å². The average molecular weight is 104 g/mol.